The Morgan fingerprint density at radius 2 is 2.19 bits per heavy atom. The number of carbonyl (C=O) groups is 1. The fourth-order valence-corrected chi connectivity index (χ4v) is 1.64. The number of alkyl halides is 4. The van der Waals surface area contributed by atoms with Crippen molar-refractivity contribution in [2.24, 2.45) is 0 Å². The van der Waals surface area contributed by atoms with Crippen molar-refractivity contribution in [3.63, 3.8) is 0 Å². The largest absolute Gasteiger partial charge is 0.573 e. The predicted octanol–water partition coefficient (Wildman–Crippen LogP) is 3.14. The molecule has 0 spiro atoms. The molecule has 0 saturated carbocycles. The van der Waals surface area contributed by atoms with E-state index in [4.69, 9.17) is 11.6 Å². The molecule has 0 N–H and O–H groups in total. The fourth-order valence-electron chi connectivity index (χ4n) is 0.918. The number of rotatable bonds is 3. The number of ether oxygens (including phenoxy) is 1. The average Bonchev–Trinajstić information content (AvgIpc) is 2.16. The molecule has 0 bridgehead atoms. The van der Waals surface area contributed by atoms with E-state index in [-0.39, 0.29) is 20.8 Å². The van der Waals surface area contributed by atoms with Crippen LogP contribution in [-0.4, -0.2) is 17.6 Å². The summed E-state index contributed by atoms with van der Waals surface area (Å²) in [5, 5.41) is 0. The molecule has 1 heterocycles. The first-order valence-corrected chi connectivity index (χ1v) is 5.45. The Balaban J connectivity index is 3.18. The first-order valence-electron chi connectivity index (χ1n) is 3.83. The van der Waals surface area contributed by atoms with Crippen molar-refractivity contribution in [1.29, 1.82) is 0 Å². The lowest BCUT2D eigenvalue weighted by Crippen LogP contribution is -2.19. The van der Waals surface area contributed by atoms with Gasteiger partial charge >= 0.3 is 6.36 Å². The van der Waals surface area contributed by atoms with Crippen LogP contribution in [0.4, 0.5) is 13.2 Å². The van der Waals surface area contributed by atoms with Gasteiger partial charge in [0, 0.05) is 3.57 Å². The van der Waals surface area contributed by atoms with Crippen LogP contribution in [0.3, 0.4) is 0 Å². The van der Waals surface area contributed by atoms with Gasteiger partial charge in [-0.3, -0.25) is 4.79 Å². The number of nitrogens with zero attached hydrogens (tertiary/aromatic N) is 1. The highest BCUT2D eigenvalue weighted by Crippen LogP contribution is 2.28. The SMILES string of the molecule is O=Cc1nc(CCl)c(OC(F)(F)F)cc1I. The van der Waals surface area contributed by atoms with Gasteiger partial charge in [0.15, 0.2) is 12.0 Å². The van der Waals surface area contributed by atoms with Gasteiger partial charge in [-0.25, -0.2) is 4.98 Å². The topological polar surface area (TPSA) is 39.2 Å². The van der Waals surface area contributed by atoms with Gasteiger partial charge in [-0.15, -0.1) is 24.8 Å². The second kappa shape index (κ2) is 5.17. The van der Waals surface area contributed by atoms with Gasteiger partial charge in [0.25, 0.3) is 0 Å². The molecule has 0 radical (unpaired) electrons. The van der Waals surface area contributed by atoms with E-state index in [0.717, 1.165) is 6.07 Å². The van der Waals surface area contributed by atoms with E-state index in [1.54, 1.807) is 22.6 Å². The molecule has 0 saturated heterocycles. The van der Waals surface area contributed by atoms with Crippen molar-refractivity contribution in [1.82, 2.24) is 4.98 Å². The third-order valence-electron chi connectivity index (χ3n) is 1.51. The summed E-state index contributed by atoms with van der Waals surface area (Å²) in [6, 6.07) is 1.07. The second-order valence-corrected chi connectivity index (χ2v) is 4.03. The molecule has 0 fully saturated rings. The molecule has 8 heteroatoms. The Labute approximate surface area is 107 Å². The zero-order valence-electron chi connectivity index (χ0n) is 7.52. The second-order valence-electron chi connectivity index (χ2n) is 2.60. The van der Waals surface area contributed by atoms with E-state index in [9.17, 15) is 18.0 Å². The first-order chi connectivity index (χ1) is 7.37. The van der Waals surface area contributed by atoms with Gasteiger partial charge in [-0.05, 0) is 28.7 Å². The van der Waals surface area contributed by atoms with Crippen molar-refractivity contribution in [2.75, 3.05) is 0 Å². The standard InChI is InChI=1S/C8H4ClF3INO2/c9-2-5-7(16-8(10,11)12)1-4(13)6(3-15)14-5/h1,3H,2H2. The number of aldehydes is 1. The summed E-state index contributed by atoms with van der Waals surface area (Å²) in [6.45, 7) is 0. The summed E-state index contributed by atoms with van der Waals surface area (Å²) in [5.41, 5.74) is -0.0905. The Hall–Kier alpha value is -0.570. The van der Waals surface area contributed by atoms with Gasteiger partial charge in [0.1, 0.15) is 5.69 Å². The Morgan fingerprint density at radius 3 is 2.62 bits per heavy atom. The Bertz CT molecular complexity index is 411. The van der Waals surface area contributed by atoms with Crippen molar-refractivity contribution in [3.8, 4) is 5.75 Å². The minimum atomic E-state index is -4.81. The van der Waals surface area contributed by atoms with Crippen molar-refractivity contribution < 1.29 is 22.7 Å². The van der Waals surface area contributed by atoms with Crippen LogP contribution in [-0.2, 0) is 5.88 Å². The molecule has 3 nitrogen and oxygen atoms in total. The summed E-state index contributed by atoms with van der Waals surface area (Å²) in [5.74, 6) is -0.763. The van der Waals surface area contributed by atoms with E-state index in [1.807, 2.05) is 0 Å². The van der Waals surface area contributed by atoms with Crippen LogP contribution in [0.1, 0.15) is 16.2 Å². The quantitative estimate of drug-likeness (QED) is 0.469. The Morgan fingerprint density at radius 1 is 1.56 bits per heavy atom. The van der Waals surface area contributed by atoms with Gasteiger partial charge in [0.2, 0.25) is 0 Å². The summed E-state index contributed by atoms with van der Waals surface area (Å²) in [7, 11) is 0. The van der Waals surface area contributed by atoms with Crippen LogP contribution >= 0.6 is 34.2 Å². The van der Waals surface area contributed by atoms with Gasteiger partial charge in [-0.1, -0.05) is 0 Å². The molecular weight excluding hydrogens is 361 g/mol. The molecule has 1 aromatic heterocycles. The third-order valence-corrected chi connectivity index (χ3v) is 2.62. The molecule has 0 aliphatic rings. The molecule has 0 aliphatic heterocycles. The van der Waals surface area contributed by atoms with E-state index >= 15 is 0 Å². The van der Waals surface area contributed by atoms with Crippen LogP contribution < -0.4 is 4.74 Å². The number of pyridine rings is 1. The minimum absolute atomic E-state index is 0.0331. The van der Waals surface area contributed by atoms with Crippen LogP contribution in [0, 0.1) is 3.57 Å². The summed E-state index contributed by atoms with van der Waals surface area (Å²) in [6.07, 6.45) is -4.37. The lowest BCUT2D eigenvalue weighted by Gasteiger charge is -2.12. The fraction of sp³-hybridized carbons (Fsp3) is 0.250. The number of carbonyl (C=O) groups excluding carboxylic acids is 1. The molecule has 1 rings (SSSR count). The van der Waals surface area contributed by atoms with Gasteiger partial charge in [-0.2, -0.15) is 0 Å². The highest BCUT2D eigenvalue weighted by molar-refractivity contribution is 14.1. The first kappa shape index (κ1) is 13.5. The van der Waals surface area contributed by atoms with Crippen molar-refractivity contribution in [2.45, 2.75) is 12.2 Å². The van der Waals surface area contributed by atoms with E-state index in [0.29, 0.717) is 6.29 Å². The number of halogens is 5. The normalized spacial score (nSPS) is 11.3. The average molecular weight is 365 g/mol. The van der Waals surface area contributed by atoms with Crippen LogP contribution in [0.15, 0.2) is 6.07 Å². The van der Waals surface area contributed by atoms with Crippen LogP contribution in [0.2, 0.25) is 0 Å². The molecule has 0 aliphatic carbocycles. The summed E-state index contributed by atoms with van der Waals surface area (Å²) >= 11 is 7.10. The monoisotopic (exact) mass is 365 g/mol. The molecule has 0 unspecified atom stereocenters. The zero-order chi connectivity index (χ0) is 12.3. The molecule has 88 valence electrons. The molecule has 0 atom stereocenters. The van der Waals surface area contributed by atoms with Gasteiger partial charge in [0.05, 0.1) is 11.6 Å². The maximum absolute atomic E-state index is 12.0. The predicted molar refractivity (Wildman–Crippen MR) is 58.6 cm³/mol. The lowest BCUT2D eigenvalue weighted by molar-refractivity contribution is -0.275. The van der Waals surface area contributed by atoms with Crippen molar-refractivity contribution in [3.05, 3.63) is 21.0 Å². The highest BCUT2D eigenvalue weighted by Gasteiger charge is 2.32. The van der Waals surface area contributed by atoms with Gasteiger partial charge < -0.3 is 4.74 Å². The molecule has 0 amide bonds. The maximum Gasteiger partial charge on any atom is 0.573 e. The third kappa shape index (κ3) is 3.48. The van der Waals surface area contributed by atoms with E-state index in [1.165, 1.54) is 0 Å². The Kier molecular flexibility index (Phi) is 4.36. The molecular formula is C8H4ClF3INO2. The minimum Gasteiger partial charge on any atom is -0.404 e. The molecule has 16 heavy (non-hydrogen) atoms. The molecule has 1 aromatic rings. The zero-order valence-corrected chi connectivity index (χ0v) is 10.4. The summed E-state index contributed by atoms with van der Waals surface area (Å²) in [4.78, 5) is 14.2. The number of hydrogen-bond acceptors (Lipinski definition) is 3. The maximum atomic E-state index is 12.0. The van der Waals surface area contributed by atoms with E-state index < -0.39 is 12.1 Å². The number of aromatic nitrogens is 1. The highest BCUT2D eigenvalue weighted by atomic mass is 127. The van der Waals surface area contributed by atoms with Crippen LogP contribution in [0.5, 0.6) is 5.75 Å². The lowest BCUT2D eigenvalue weighted by atomic mass is 10.3. The summed E-state index contributed by atoms with van der Waals surface area (Å²) < 4.78 is 40.0. The molecule has 0 aromatic carbocycles. The smallest absolute Gasteiger partial charge is 0.404 e. The van der Waals surface area contributed by atoms with Crippen molar-refractivity contribution >= 4 is 40.5 Å². The van der Waals surface area contributed by atoms with Crippen LogP contribution in [0.25, 0.3) is 0 Å². The number of hydrogen-bond donors (Lipinski definition) is 0. The van der Waals surface area contributed by atoms with E-state index in [2.05, 4.69) is 9.72 Å².